The Balaban J connectivity index is 1.30. The first-order valence-electron chi connectivity index (χ1n) is 10.6. The number of anilines is 2. The minimum atomic E-state index is -0.220. The van der Waals surface area contributed by atoms with Crippen LogP contribution in [0, 0.1) is 5.92 Å². The Morgan fingerprint density at radius 1 is 1.03 bits per heavy atom. The predicted octanol–water partition coefficient (Wildman–Crippen LogP) is 2.29. The fourth-order valence-corrected chi connectivity index (χ4v) is 4.27. The SMILES string of the molecule is O=C(NCc1ccc(N2CCCCC2)cc1)[C@H]1CCCN(c2cn[nH]c(=O)c2)C1. The Morgan fingerprint density at radius 3 is 2.55 bits per heavy atom. The highest BCUT2D eigenvalue weighted by Gasteiger charge is 2.26. The van der Waals surface area contributed by atoms with Gasteiger partial charge < -0.3 is 15.1 Å². The Bertz CT molecular complexity index is 873. The van der Waals surface area contributed by atoms with Gasteiger partial charge in [0.15, 0.2) is 0 Å². The summed E-state index contributed by atoms with van der Waals surface area (Å²) in [5, 5.41) is 9.34. The molecule has 2 aliphatic rings. The quantitative estimate of drug-likeness (QED) is 0.812. The standard InChI is InChI=1S/C22H29N5O2/c28-21-13-20(15-24-25-21)27-12-4-5-18(16-27)22(29)23-14-17-6-8-19(9-7-17)26-10-2-1-3-11-26/h6-9,13,15,18H,1-5,10-12,14,16H2,(H,23,29)(H,25,28)/t18-/m0/s1. The van der Waals surface area contributed by atoms with Crippen LogP contribution >= 0.6 is 0 Å². The van der Waals surface area contributed by atoms with Gasteiger partial charge in [-0.1, -0.05) is 12.1 Å². The fourth-order valence-electron chi connectivity index (χ4n) is 4.27. The van der Waals surface area contributed by atoms with E-state index in [0.29, 0.717) is 13.1 Å². The predicted molar refractivity (Wildman–Crippen MR) is 114 cm³/mol. The first-order chi connectivity index (χ1) is 14.2. The number of piperidine rings is 2. The molecule has 1 aromatic carbocycles. The van der Waals surface area contributed by atoms with Crippen molar-refractivity contribution in [2.45, 2.75) is 38.6 Å². The molecule has 7 nitrogen and oxygen atoms in total. The lowest BCUT2D eigenvalue weighted by molar-refractivity contribution is -0.125. The molecule has 2 aromatic rings. The number of amides is 1. The molecule has 2 aliphatic heterocycles. The third-order valence-electron chi connectivity index (χ3n) is 5.93. The summed E-state index contributed by atoms with van der Waals surface area (Å²) in [6, 6.07) is 10.1. The van der Waals surface area contributed by atoms with Crippen molar-refractivity contribution < 1.29 is 4.79 Å². The molecule has 7 heteroatoms. The van der Waals surface area contributed by atoms with E-state index in [4.69, 9.17) is 0 Å². The number of hydrogen-bond acceptors (Lipinski definition) is 5. The molecule has 1 amide bonds. The zero-order chi connectivity index (χ0) is 20.1. The van der Waals surface area contributed by atoms with Crippen LogP contribution in [0.25, 0.3) is 0 Å². The van der Waals surface area contributed by atoms with Gasteiger partial charge >= 0.3 is 0 Å². The summed E-state index contributed by atoms with van der Waals surface area (Å²) in [4.78, 5) is 28.7. The van der Waals surface area contributed by atoms with Crippen LogP contribution in [-0.4, -0.2) is 42.3 Å². The number of hydrogen-bond donors (Lipinski definition) is 2. The Hall–Kier alpha value is -2.83. The second-order valence-electron chi connectivity index (χ2n) is 8.02. The van der Waals surface area contributed by atoms with Gasteiger partial charge in [-0.3, -0.25) is 9.59 Å². The van der Waals surface area contributed by atoms with Crippen LogP contribution in [0.15, 0.2) is 41.3 Å². The van der Waals surface area contributed by atoms with Crippen LogP contribution in [0.3, 0.4) is 0 Å². The van der Waals surface area contributed by atoms with Crippen molar-refractivity contribution in [1.82, 2.24) is 15.5 Å². The number of H-pyrrole nitrogens is 1. The van der Waals surface area contributed by atoms with E-state index >= 15 is 0 Å². The van der Waals surface area contributed by atoms with E-state index in [2.05, 4.69) is 49.6 Å². The van der Waals surface area contributed by atoms with Crippen molar-refractivity contribution in [3.63, 3.8) is 0 Å². The second kappa shape index (κ2) is 9.11. The van der Waals surface area contributed by atoms with Crippen molar-refractivity contribution in [2.75, 3.05) is 36.0 Å². The molecular formula is C22H29N5O2. The molecule has 0 bridgehead atoms. The maximum Gasteiger partial charge on any atom is 0.266 e. The number of aromatic amines is 1. The minimum absolute atomic E-state index is 0.0735. The van der Waals surface area contributed by atoms with Gasteiger partial charge in [-0.2, -0.15) is 5.10 Å². The van der Waals surface area contributed by atoms with Crippen molar-refractivity contribution in [3.05, 3.63) is 52.4 Å². The topological polar surface area (TPSA) is 81.3 Å². The molecule has 3 heterocycles. The Labute approximate surface area is 171 Å². The maximum atomic E-state index is 12.7. The average Bonchev–Trinajstić information content (AvgIpc) is 2.78. The zero-order valence-electron chi connectivity index (χ0n) is 16.8. The van der Waals surface area contributed by atoms with E-state index in [9.17, 15) is 9.59 Å². The first-order valence-corrected chi connectivity index (χ1v) is 10.6. The number of aromatic nitrogens is 2. The van der Waals surface area contributed by atoms with Crippen molar-refractivity contribution in [1.29, 1.82) is 0 Å². The summed E-state index contributed by atoms with van der Waals surface area (Å²) < 4.78 is 0. The monoisotopic (exact) mass is 395 g/mol. The van der Waals surface area contributed by atoms with E-state index in [0.717, 1.165) is 43.7 Å². The third kappa shape index (κ3) is 4.96. The number of carbonyl (C=O) groups is 1. The smallest absolute Gasteiger partial charge is 0.266 e. The molecule has 1 atom stereocenters. The lowest BCUT2D eigenvalue weighted by Gasteiger charge is -2.33. The van der Waals surface area contributed by atoms with Gasteiger partial charge in [-0.15, -0.1) is 0 Å². The highest BCUT2D eigenvalue weighted by atomic mass is 16.2. The van der Waals surface area contributed by atoms with Crippen LogP contribution in [-0.2, 0) is 11.3 Å². The Kier molecular flexibility index (Phi) is 6.12. The first kappa shape index (κ1) is 19.5. The summed E-state index contributed by atoms with van der Waals surface area (Å²) in [7, 11) is 0. The summed E-state index contributed by atoms with van der Waals surface area (Å²) in [6.07, 6.45) is 7.30. The lowest BCUT2D eigenvalue weighted by atomic mass is 9.96. The third-order valence-corrected chi connectivity index (χ3v) is 5.93. The fraction of sp³-hybridized carbons (Fsp3) is 0.500. The molecule has 154 valence electrons. The molecule has 0 spiro atoms. The van der Waals surface area contributed by atoms with Crippen LogP contribution in [0.2, 0.25) is 0 Å². The lowest BCUT2D eigenvalue weighted by Crippen LogP contribution is -2.43. The molecule has 29 heavy (non-hydrogen) atoms. The minimum Gasteiger partial charge on any atom is -0.372 e. The summed E-state index contributed by atoms with van der Waals surface area (Å²) in [5.41, 5.74) is 2.95. The van der Waals surface area contributed by atoms with Gasteiger partial charge in [0.25, 0.3) is 5.56 Å². The molecule has 0 saturated carbocycles. The molecule has 0 aliphatic carbocycles. The highest BCUT2D eigenvalue weighted by Crippen LogP contribution is 2.22. The van der Waals surface area contributed by atoms with Gasteiger partial charge in [-0.05, 0) is 49.8 Å². The average molecular weight is 396 g/mol. The molecule has 0 radical (unpaired) electrons. The number of carbonyl (C=O) groups excluding carboxylic acids is 1. The molecule has 1 aromatic heterocycles. The summed E-state index contributed by atoms with van der Waals surface area (Å²) in [5.74, 6) is 0.00303. The van der Waals surface area contributed by atoms with Crippen LogP contribution in [0.4, 0.5) is 11.4 Å². The van der Waals surface area contributed by atoms with Gasteiger partial charge in [-0.25, -0.2) is 5.10 Å². The molecule has 2 fully saturated rings. The highest BCUT2D eigenvalue weighted by molar-refractivity contribution is 5.79. The van der Waals surface area contributed by atoms with E-state index in [1.807, 2.05) is 0 Å². The Morgan fingerprint density at radius 2 is 1.79 bits per heavy atom. The van der Waals surface area contributed by atoms with Gasteiger partial charge in [0.2, 0.25) is 5.91 Å². The maximum absolute atomic E-state index is 12.7. The van der Waals surface area contributed by atoms with E-state index in [1.165, 1.54) is 31.0 Å². The van der Waals surface area contributed by atoms with Crippen molar-refractivity contribution in [3.8, 4) is 0 Å². The molecule has 4 rings (SSSR count). The van der Waals surface area contributed by atoms with E-state index < -0.39 is 0 Å². The van der Waals surface area contributed by atoms with Crippen LogP contribution < -0.4 is 20.7 Å². The second-order valence-corrected chi connectivity index (χ2v) is 8.02. The van der Waals surface area contributed by atoms with E-state index in [1.54, 1.807) is 6.20 Å². The van der Waals surface area contributed by atoms with Gasteiger partial charge in [0.05, 0.1) is 17.8 Å². The molecule has 2 N–H and O–H groups in total. The zero-order valence-corrected chi connectivity index (χ0v) is 16.8. The molecule has 2 saturated heterocycles. The van der Waals surface area contributed by atoms with Crippen molar-refractivity contribution >= 4 is 17.3 Å². The molecular weight excluding hydrogens is 366 g/mol. The number of nitrogens with zero attached hydrogens (tertiary/aromatic N) is 3. The van der Waals surface area contributed by atoms with E-state index in [-0.39, 0.29) is 17.4 Å². The summed E-state index contributed by atoms with van der Waals surface area (Å²) in [6.45, 7) is 4.27. The number of rotatable bonds is 5. The van der Waals surface area contributed by atoms with Crippen LogP contribution in [0.1, 0.15) is 37.7 Å². The van der Waals surface area contributed by atoms with Gasteiger partial charge in [0.1, 0.15) is 0 Å². The number of nitrogens with one attached hydrogen (secondary N) is 2. The molecule has 0 unspecified atom stereocenters. The largest absolute Gasteiger partial charge is 0.372 e. The normalized spacial score (nSPS) is 19.8. The van der Waals surface area contributed by atoms with Crippen LogP contribution in [0.5, 0.6) is 0 Å². The van der Waals surface area contributed by atoms with Crippen molar-refractivity contribution in [2.24, 2.45) is 5.92 Å². The summed E-state index contributed by atoms with van der Waals surface area (Å²) >= 11 is 0. The number of benzene rings is 1. The van der Waals surface area contributed by atoms with Gasteiger partial charge in [0, 0.05) is 44.5 Å².